The highest BCUT2D eigenvalue weighted by atomic mass is 16.5. The van der Waals surface area contributed by atoms with Crippen LogP contribution in [0.25, 0.3) is 0 Å². The zero-order chi connectivity index (χ0) is 23.1. The number of fused-ring (bicyclic) bond motifs is 2. The number of β-amino-alcohol motifs (C(OH)–C–C–N with tert-alkyl or cyclic N) is 1. The van der Waals surface area contributed by atoms with Gasteiger partial charge in [0.05, 0.1) is 24.3 Å². The summed E-state index contributed by atoms with van der Waals surface area (Å²) in [5.74, 6) is 1.24. The second kappa shape index (κ2) is 8.87. The molecule has 1 aliphatic carbocycles. The van der Waals surface area contributed by atoms with Crippen molar-refractivity contribution in [3.63, 3.8) is 0 Å². The third-order valence-corrected chi connectivity index (χ3v) is 7.82. The number of amides is 1. The first-order valence-electron chi connectivity index (χ1n) is 12.5. The van der Waals surface area contributed by atoms with E-state index in [1.54, 1.807) is 11.0 Å². The summed E-state index contributed by atoms with van der Waals surface area (Å²) in [5.41, 5.74) is 3.72. The third kappa shape index (κ3) is 4.28. The number of nitrogens with zero attached hydrogens (tertiary/aromatic N) is 2. The molecule has 0 unspecified atom stereocenters. The number of aliphatic hydroxyl groups excluding tert-OH is 1. The average Bonchev–Trinajstić information content (AvgIpc) is 2.93. The Kier molecular flexibility index (Phi) is 5.71. The van der Waals surface area contributed by atoms with Gasteiger partial charge < -0.3 is 24.8 Å². The lowest BCUT2D eigenvalue weighted by molar-refractivity contribution is -0.0495. The highest BCUT2D eigenvalue weighted by Crippen LogP contribution is 2.46. The molecule has 34 heavy (non-hydrogen) atoms. The number of ether oxygens (including phenoxy) is 2. The van der Waals surface area contributed by atoms with Crippen molar-refractivity contribution < 1.29 is 19.4 Å². The summed E-state index contributed by atoms with van der Waals surface area (Å²) in [4.78, 5) is 17.2. The van der Waals surface area contributed by atoms with Crippen LogP contribution in [0.3, 0.4) is 0 Å². The van der Waals surface area contributed by atoms with Crippen LogP contribution in [0.15, 0.2) is 42.5 Å². The maximum absolute atomic E-state index is 13.2. The summed E-state index contributed by atoms with van der Waals surface area (Å²) in [6.45, 7) is 5.69. The fourth-order valence-corrected chi connectivity index (χ4v) is 5.85. The third-order valence-electron chi connectivity index (χ3n) is 7.82. The minimum atomic E-state index is -0.606. The van der Waals surface area contributed by atoms with E-state index in [9.17, 15) is 9.90 Å². The molecule has 1 saturated heterocycles. The summed E-state index contributed by atoms with van der Waals surface area (Å²) >= 11 is 0. The van der Waals surface area contributed by atoms with Gasteiger partial charge in [0, 0.05) is 50.7 Å². The van der Waals surface area contributed by atoms with Gasteiger partial charge in [-0.25, -0.2) is 0 Å². The van der Waals surface area contributed by atoms with Crippen LogP contribution in [0.5, 0.6) is 11.5 Å². The van der Waals surface area contributed by atoms with Crippen molar-refractivity contribution in [1.29, 1.82) is 0 Å². The number of carbonyl (C=O) groups is 1. The summed E-state index contributed by atoms with van der Waals surface area (Å²) in [6, 6.07) is 14.0. The first-order valence-corrected chi connectivity index (χ1v) is 12.5. The van der Waals surface area contributed by atoms with Gasteiger partial charge >= 0.3 is 0 Å². The molecule has 2 aromatic carbocycles. The van der Waals surface area contributed by atoms with Crippen LogP contribution < -0.4 is 14.8 Å². The Morgan fingerprint density at radius 2 is 1.94 bits per heavy atom. The van der Waals surface area contributed by atoms with Crippen molar-refractivity contribution in [2.75, 3.05) is 45.9 Å². The van der Waals surface area contributed by atoms with E-state index in [1.807, 2.05) is 12.1 Å². The number of aliphatic hydroxyl groups is 1. The van der Waals surface area contributed by atoms with Crippen molar-refractivity contribution >= 4 is 5.91 Å². The number of rotatable bonds is 6. The quantitative estimate of drug-likeness (QED) is 0.683. The fraction of sp³-hybridized carbons (Fsp3) is 0.519. The van der Waals surface area contributed by atoms with E-state index >= 15 is 0 Å². The highest BCUT2D eigenvalue weighted by molar-refractivity contribution is 5.97. The first kappa shape index (κ1) is 21.9. The van der Waals surface area contributed by atoms with Gasteiger partial charge in [-0.05, 0) is 42.5 Å². The molecule has 1 amide bonds. The molecule has 3 aliphatic heterocycles. The molecule has 1 saturated carbocycles. The lowest BCUT2D eigenvalue weighted by atomic mass is 9.63. The van der Waals surface area contributed by atoms with Gasteiger partial charge in [0.25, 0.3) is 5.91 Å². The molecule has 2 N–H and O–H groups in total. The van der Waals surface area contributed by atoms with Crippen LogP contribution in [-0.4, -0.2) is 78.9 Å². The van der Waals surface area contributed by atoms with E-state index in [4.69, 9.17) is 9.47 Å². The van der Waals surface area contributed by atoms with E-state index in [-0.39, 0.29) is 12.0 Å². The molecule has 0 radical (unpaired) electrons. The van der Waals surface area contributed by atoms with Crippen LogP contribution in [0, 0.1) is 5.41 Å². The average molecular weight is 464 g/mol. The second-order valence-electron chi connectivity index (χ2n) is 10.4. The summed E-state index contributed by atoms with van der Waals surface area (Å²) in [6.07, 6.45) is 2.81. The van der Waals surface area contributed by atoms with Crippen molar-refractivity contribution in [2.45, 2.75) is 38.0 Å². The Bertz CT molecular complexity index is 1060. The molecule has 1 spiro atoms. The smallest absolute Gasteiger partial charge is 0.257 e. The SMILES string of the molecule is O=C1c2ccc(OC3CC4(CNC4)C3)cc2OCCN1C[C@H](O)CN1CCc2ccccc2C1. The Hall–Kier alpha value is -2.61. The molecule has 0 aromatic heterocycles. The predicted octanol–water partition coefficient (Wildman–Crippen LogP) is 2.07. The minimum absolute atomic E-state index is 0.0924. The zero-order valence-corrected chi connectivity index (χ0v) is 19.5. The van der Waals surface area contributed by atoms with Crippen LogP contribution >= 0.6 is 0 Å². The summed E-state index contributed by atoms with van der Waals surface area (Å²) < 4.78 is 12.1. The molecule has 3 heterocycles. The molecule has 7 nitrogen and oxygen atoms in total. The van der Waals surface area contributed by atoms with Crippen molar-refractivity contribution in [3.05, 3.63) is 59.2 Å². The van der Waals surface area contributed by atoms with Crippen molar-refractivity contribution in [2.24, 2.45) is 5.41 Å². The molecular weight excluding hydrogens is 430 g/mol. The predicted molar refractivity (Wildman–Crippen MR) is 128 cm³/mol. The second-order valence-corrected chi connectivity index (χ2v) is 10.4. The van der Waals surface area contributed by atoms with Gasteiger partial charge in [0.15, 0.2) is 0 Å². The van der Waals surface area contributed by atoms with Gasteiger partial charge in [-0.15, -0.1) is 0 Å². The molecule has 0 bridgehead atoms. The molecule has 180 valence electrons. The number of hydrogen-bond donors (Lipinski definition) is 2. The maximum Gasteiger partial charge on any atom is 0.257 e. The minimum Gasteiger partial charge on any atom is -0.491 e. The molecular formula is C27H33N3O4. The number of hydrogen-bond acceptors (Lipinski definition) is 6. The van der Waals surface area contributed by atoms with Crippen molar-refractivity contribution in [3.8, 4) is 11.5 Å². The Morgan fingerprint density at radius 1 is 1.12 bits per heavy atom. The number of carbonyl (C=O) groups excluding carboxylic acids is 1. The molecule has 4 aliphatic rings. The van der Waals surface area contributed by atoms with E-state index < -0.39 is 6.10 Å². The van der Waals surface area contributed by atoms with Crippen LogP contribution in [0.4, 0.5) is 0 Å². The lowest BCUT2D eigenvalue weighted by Crippen LogP contribution is -2.62. The van der Waals surface area contributed by atoms with E-state index in [2.05, 4.69) is 34.5 Å². The molecule has 1 atom stereocenters. The number of nitrogens with one attached hydrogen (secondary N) is 1. The summed E-state index contributed by atoms with van der Waals surface area (Å²) in [7, 11) is 0. The summed E-state index contributed by atoms with van der Waals surface area (Å²) in [5, 5.41) is 14.1. The van der Waals surface area contributed by atoms with E-state index in [0.717, 1.165) is 51.2 Å². The van der Waals surface area contributed by atoms with E-state index in [0.29, 0.717) is 43.0 Å². The van der Waals surface area contributed by atoms with Gasteiger partial charge in [-0.2, -0.15) is 0 Å². The van der Waals surface area contributed by atoms with Crippen LogP contribution in [-0.2, 0) is 13.0 Å². The molecule has 2 fully saturated rings. The topological polar surface area (TPSA) is 74.3 Å². The first-order chi connectivity index (χ1) is 16.6. The lowest BCUT2D eigenvalue weighted by Gasteiger charge is -2.53. The van der Waals surface area contributed by atoms with Gasteiger partial charge in [0.1, 0.15) is 18.1 Å². The monoisotopic (exact) mass is 463 g/mol. The van der Waals surface area contributed by atoms with Gasteiger partial charge in [-0.1, -0.05) is 24.3 Å². The van der Waals surface area contributed by atoms with E-state index in [1.165, 1.54) is 11.1 Å². The largest absolute Gasteiger partial charge is 0.491 e. The Labute approximate surface area is 200 Å². The van der Waals surface area contributed by atoms with Crippen LogP contribution in [0.2, 0.25) is 0 Å². The molecule has 7 heteroatoms. The molecule has 6 rings (SSSR count). The van der Waals surface area contributed by atoms with Crippen LogP contribution in [0.1, 0.15) is 34.3 Å². The normalized spacial score (nSPS) is 22.6. The van der Waals surface area contributed by atoms with Gasteiger partial charge in [-0.3, -0.25) is 9.69 Å². The fourth-order valence-electron chi connectivity index (χ4n) is 5.85. The van der Waals surface area contributed by atoms with Crippen molar-refractivity contribution in [1.82, 2.24) is 15.1 Å². The van der Waals surface area contributed by atoms with Gasteiger partial charge in [0.2, 0.25) is 0 Å². The standard InChI is InChI=1S/C27H33N3O4/c31-21(15-29-8-7-19-3-1-2-4-20(19)14-29)16-30-9-10-33-25-11-22(5-6-24(25)26(30)32)34-23-12-27(13-23)17-28-18-27/h1-6,11,21,23,28,31H,7-10,12-18H2/t21-/m1/s1. The highest BCUT2D eigenvalue weighted by Gasteiger charge is 2.49. The Morgan fingerprint density at radius 3 is 2.74 bits per heavy atom. The Balaban J connectivity index is 1.05. The maximum atomic E-state index is 13.2. The zero-order valence-electron chi connectivity index (χ0n) is 19.5. The molecule has 2 aromatic rings. The number of benzene rings is 2.